The first-order chi connectivity index (χ1) is 13.0. The van der Waals surface area contributed by atoms with E-state index in [-0.39, 0.29) is 5.54 Å². The summed E-state index contributed by atoms with van der Waals surface area (Å²) in [7, 11) is 0. The summed E-state index contributed by atoms with van der Waals surface area (Å²) in [4.78, 5) is 0. The van der Waals surface area contributed by atoms with Crippen LogP contribution < -0.4 is 5.32 Å². The number of nitrogens with one attached hydrogen (secondary N) is 1. The van der Waals surface area contributed by atoms with Crippen molar-refractivity contribution in [1.29, 1.82) is 0 Å². The van der Waals surface area contributed by atoms with Gasteiger partial charge in [-0.15, -0.1) is 0 Å². The lowest BCUT2D eigenvalue weighted by atomic mass is 9.78. The van der Waals surface area contributed by atoms with Crippen molar-refractivity contribution >= 4 is 0 Å². The Morgan fingerprint density at radius 1 is 1.00 bits per heavy atom. The fourth-order valence-electron chi connectivity index (χ4n) is 4.14. The van der Waals surface area contributed by atoms with Gasteiger partial charge in [0.1, 0.15) is 0 Å². The van der Waals surface area contributed by atoms with Crippen LogP contribution in [0.25, 0.3) is 0 Å². The minimum absolute atomic E-state index is 0.231. The molecule has 2 heteroatoms. The van der Waals surface area contributed by atoms with E-state index >= 15 is 0 Å². The lowest BCUT2D eigenvalue weighted by molar-refractivity contribution is 0.143. The molecule has 0 saturated heterocycles. The number of benzene rings is 2. The molecule has 2 nitrogen and oxygen atoms in total. The van der Waals surface area contributed by atoms with E-state index in [1.54, 1.807) is 0 Å². The smallest absolute Gasteiger partial charge is 0.0667 e. The summed E-state index contributed by atoms with van der Waals surface area (Å²) < 4.78 is 5.60. The van der Waals surface area contributed by atoms with Crippen LogP contribution in [-0.4, -0.2) is 19.8 Å². The third-order valence-corrected chi connectivity index (χ3v) is 5.52. The second-order valence-corrected chi connectivity index (χ2v) is 7.82. The third kappa shape index (κ3) is 5.67. The molecular formula is C25H37NO. The summed E-state index contributed by atoms with van der Waals surface area (Å²) in [6, 6.07) is 17.7. The largest absolute Gasteiger partial charge is 0.380 e. The Bertz CT molecular complexity index is 696. The van der Waals surface area contributed by atoms with E-state index in [1.807, 2.05) is 6.92 Å². The van der Waals surface area contributed by atoms with Gasteiger partial charge >= 0.3 is 0 Å². The van der Waals surface area contributed by atoms with Gasteiger partial charge in [-0.25, -0.2) is 0 Å². The number of hydrogen-bond acceptors (Lipinski definition) is 2. The summed E-state index contributed by atoms with van der Waals surface area (Å²) in [6.07, 6.45) is 3.64. The molecule has 0 spiro atoms. The van der Waals surface area contributed by atoms with E-state index in [4.69, 9.17) is 4.74 Å². The monoisotopic (exact) mass is 367 g/mol. The number of ether oxygens (including phenoxy) is 1. The molecule has 2 atom stereocenters. The van der Waals surface area contributed by atoms with Gasteiger partial charge in [-0.3, -0.25) is 0 Å². The fraction of sp³-hybridized carbons (Fsp3) is 0.520. The van der Waals surface area contributed by atoms with Crippen LogP contribution in [0.15, 0.2) is 48.5 Å². The molecule has 0 bridgehead atoms. The minimum atomic E-state index is -0.231. The van der Waals surface area contributed by atoms with Gasteiger partial charge in [0.15, 0.2) is 0 Å². The first-order valence-corrected chi connectivity index (χ1v) is 10.5. The number of hydrogen-bond donors (Lipinski definition) is 1. The molecule has 0 aromatic heterocycles. The summed E-state index contributed by atoms with van der Waals surface area (Å²) in [5.41, 5.74) is 5.27. The quantitative estimate of drug-likeness (QED) is 0.502. The van der Waals surface area contributed by atoms with E-state index in [0.717, 1.165) is 26.2 Å². The van der Waals surface area contributed by atoms with Crippen molar-refractivity contribution in [2.45, 2.75) is 59.4 Å². The molecule has 0 heterocycles. The van der Waals surface area contributed by atoms with Crippen LogP contribution in [0.3, 0.4) is 0 Å². The average Bonchev–Trinajstić information content (AvgIpc) is 2.66. The van der Waals surface area contributed by atoms with E-state index in [0.29, 0.717) is 5.92 Å². The maximum Gasteiger partial charge on any atom is 0.0667 e. The molecule has 1 N–H and O–H groups in total. The molecule has 0 saturated carbocycles. The van der Waals surface area contributed by atoms with Gasteiger partial charge in [0, 0.05) is 13.2 Å². The first kappa shape index (κ1) is 21.7. The van der Waals surface area contributed by atoms with Crippen LogP contribution in [0.5, 0.6) is 0 Å². The highest BCUT2D eigenvalue weighted by Crippen LogP contribution is 2.34. The normalized spacial score (nSPS) is 14.7. The maximum atomic E-state index is 5.60. The zero-order valence-electron chi connectivity index (χ0n) is 17.8. The van der Waals surface area contributed by atoms with Crippen molar-refractivity contribution in [2.75, 3.05) is 19.8 Å². The van der Waals surface area contributed by atoms with E-state index in [2.05, 4.69) is 81.5 Å². The highest BCUT2D eigenvalue weighted by atomic mass is 16.5. The van der Waals surface area contributed by atoms with Gasteiger partial charge < -0.3 is 10.1 Å². The lowest BCUT2D eigenvalue weighted by Gasteiger charge is -2.36. The molecule has 0 amide bonds. The maximum absolute atomic E-state index is 5.60. The van der Waals surface area contributed by atoms with Gasteiger partial charge in [-0.1, -0.05) is 75.2 Å². The van der Waals surface area contributed by atoms with Crippen LogP contribution in [0.1, 0.15) is 62.8 Å². The van der Waals surface area contributed by atoms with Crippen molar-refractivity contribution in [3.05, 3.63) is 70.8 Å². The highest BCUT2D eigenvalue weighted by molar-refractivity contribution is 5.45. The van der Waals surface area contributed by atoms with Gasteiger partial charge in [0.2, 0.25) is 0 Å². The lowest BCUT2D eigenvalue weighted by Crippen LogP contribution is -2.43. The predicted molar refractivity (Wildman–Crippen MR) is 116 cm³/mol. The molecule has 0 aliphatic heterocycles. The summed E-state index contributed by atoms with van der Waals surface area (Å²) in [6.45, 7) is 13.5. The van der Waals surface area contributed by atoms with Crippen molar-refractivity contribution in [2.24, 2.45) is 5.92 Å². The Morgan fingerprint density at radius 2 is 1.67 bits per heavy atom. The molecule has 2 rings (SSSR count). The SMILES string of the molecule is CCC[C@@H](C)Cc1ccccc1[C@](C)(NCCOCC)c1ccccc1C. The van der Waals surface area contributed by atoms with Crippen LogP contribution in [0.2, 0.25) is 0 Å². The van der Waals surface area contributed by atoms with Crippen LogP contribution in [0, 0.1) is 12.8 Å². The molecular weight excluding hydrogens is 330 g/mol. The first-order valence-electron chi connectivity index (χ1n) is 10.5. The van der Waals surface area contributed by atoms with Crippen molar-refractivity contribution in [3.63, 3.8) is 0 Å². The third-order valence-electron chi connectivity index (χ3n) is 5.52. The average molecular weight is 368 g/mol. The van der Waals surface area contributed by atoms with Crippen LogP contribution in [0.4, 0.5) is 0 Å². The van der Waals surface area contributed by atoms with E-state index in [1.165, 1.54) is 35.1 Å². The second-order valence-electron chi connectivity index (χ2n) is 7.82. The van der Waals surface area contributed by atoms with E-state index < -0.39 is 0 Å². The molecule has 0 unspecified atom stereocenters. The molecule has 0 aliphatic rings. The Balaban J connectivity index is 2.43. The van der Waals surface area contributed by atoms with Crippen molar-refractivity contribution < 1.29 is 4.74 Å². The van der Waals surface area contributed by atoms with E-state index in [9.17, 15) is 0 Å². The molecule has 2 aromatic rings. The van der Waals surface area contributed by atoms with Gasteiger partial charge in [-0.05, 0) is 55.4 Å². The Kier molecular flexibility index (Phi) is 8.53. The van der Waals surface area contributed by atoms with Gasteiger partial charge in [0.05, 0.1) is 12.1 Å². The van der Waals surface area contributed by atoms with Gasteiger partial charge in [0.25, 0.3) is 0 Å². The Morgan fingerprint density at radius 3 is 2.33 bits per heavy atom. The zero-order valence-corrected chi connectivity index (χ0v) is 17.8. The van der Waals surface area contributed by atoms with Crippen LogP contribution in [-0.2, 0) is 16.7 Å². The molecule has 27 heavy (non-hydrogen) atoms. The van der Waals surface area contributed by atoms with Crippen LogP contribution >= 0.6 is 0 Å². The van der Waals surface area contributed by atoms with Crippen molar-refractivity contribution in [3.8, 4) is 0 Å². The standard InChI is InChI=1S/C25H37NO/c1-6-12-20(3)19-22-14-9-11-16-24(22)25(5,26-17-18-27-7-2)23-15-10-8-13-21(23)4/h8-11,13-16,20,26H,6-7,12,17-19H2,1-5H3/t20-,25-/m1/s1. The zero-order chi connectivity index (χ0) is 19.7. The minimum Gasteiger partial charge on any atom is -0.380 e. The number of aryl methyl sites for hydroxylation is 1. The van der Waals surface area contributed by atoms with Crippen molar-refractivity contribution in [1.82, 2.24) is 5.32 Å². The molecule has 0 aliphatic carbocycles. The predicted octanol–water partition coefficient (Wildman–Crippen LogP) is 5.86. The summed E-state index contributed by atoms with van der Waals surface area (Å²) in [5.74, 6) is 0.695. The highest BCUT2D eigenvalue weighted by Gasteiger charge is 2.31. The molecule has 148 valence electrons. The molecule has 0 fully saturated rings. The Hall–Kier alpha value is -1.64. The summed E-state index contributed by atoms with van der Waals surface area (Å²) >= 11 is 0. The van der Waals surface area contributed by atoms with Gasteiger partial charge in [-0.2, -0.15) is 0 Å². The number of rotatable bonds is 11. The topological polar surface area (TPSA) is 21.3 Å². The molecule has 0 radical (unpaired) electrons. The molecule has 2 aromatic carbocycles. The Labute approximate surface area is 166 Å². The second kappa shape index (κ2) is 10.6. The summed E-state index contributed by atoms with van der Waals surface area (Å²) in [5, 5.41) is 3.83. The fourth-order valence-corrected chi connectivity index (χ4v) is 4.14.